The third kappa shape index (κ3) is 3.17. The predicted molar refractivity (Wildman–Crippen MR) is 71.2 cm³/mol. The van der Waals surface area contributed by atoms with E-state index >= 15 is 0 Å². The second kappa shape index (κ2) is 5.38. The summed E-state index contributed by atoms with van der Waals surface area (Å²) in [6.45, 7) is 2.31. The Hall–Kier alpha value is -2.06. The average Bonchev–Trinajstić information content (AvgIpc) is 2.40. The van der Waals surface area contributed by atoms with Crippen molar-refractivity contribution in [3.63, 3.8) is 0 Å². The Balaban J connectivity index is 2.47. The van der Waals surface area contributed by atoms with Crippen LogP contribution in [0.5, 0.6) is 0 Å². The van der Waals surface area contributed by atoms with Gasteiger partial charge in [0.05, 0.1) is 0 Å². The van der Waals surface area contributed by atoms with Crippen LogP contribution < -0.4 is 15.1 Å². The van der Waals surface area contributed by atoms with Gasteiger partial charge in [0.2, 0.25) is 11.9 Å². The molecule has 1 N–H and O–H groups in total. The van der Waals surface area contributed by atoms with Gasteiger partial charge < -0.3 is 15.1 Å². The van der Waals surface area contributed by atoms with Crippen LogP contribution in [0.15, 0.2) is 6.07 Å². The normalized spacial score (nSPS) is 19.4. The Morgan fingerprint density at radius 3 is 2.62 bits per heavy atom. The summed E-state index contributed by atoms with van der Waals surface area (Å²) in [5, 5.41) is 2.64. The molecule has 6 nitrogen and oxygen atoms in total. The van der Waals surface area contributed by atoms with Crippen LogP contribution in [0.25, 0.3) is 0 Å². The Morgan fingerprint density at radius 2 is 2.05 bits per heavy atom. The van der Waals surface area contributed by atoms with Crippen LogP contribution >= 0.6 is 0 Å². The number of alkyl halides is 3. The molecule has 1 atom stereocenters. The molecule has 1 fully saturated rings. The number of hydrogen-bond acceptors (Lipinski definition) is 5. The Bertz CT molecular complexity index is 546. The predicted octanol–water partition coefficient (Wildman–Crippen LogP) is 0.886. The van der Waals surface area contributed by atoms with Gasteiger partial charge in [-0.25, -0.2) is 4.98 Å². The summed E-state index contributed by atoms with van der Waals surface area (Å²) in [7, 11) is 3.19. The molecule has 9 heteroatoms. The zero-order valence-electron chi connectivity index (χ0n) is 11.9. The molecular formula is C12H16F3N5O. The van der Waals surface area contributed by atoms with Crippen LogP contribution in [0.2, 0.25) is 0 Å². The van der Waals surface area contributed by atoms with Crippen molar-refractivity contribution < 1.29 is 18.0 Å². The maximum Gasteiger partial charge on any atom is 0.433 e. The number of nitrogens with zero attached hydrogens (tertiary/aromatic N) is 4. The minimum Gasteiger partial charge on any atom is -0.363 e. The maximum absolute atomic E-state index is 12.9. The summed E-state index contributed by atoms with van der Waals surface area (Å²) < 4.78 is 38.8. The molecule has 0 saturated carbocycles. The molecule has 2 rings (SSSR count). The van der Waals surface area contributed by atoms with Crippen molar-refractivity contribution in [2.24, 2.45) is 0 Å². The highest BCUT2D eigenvalue weighted by atomic mass is 19.4. The summed E-state index contributed by atoms with van der Waals surface area (Å²) >= 11 is 0. The molecule has 0 aliphatic carbocycles. The number of nitrogens with one attached hydrogen (secondary N) is 1. The van der Waals surface area contributed by atoms with Crippen molar-refractivity contribution in [2.45, 2.75) is 19.1 Å². The van der Waals surface area contributed by atoms with Crippen LogP contribution in [0.3, 0.4) is 0 Å². The molecule has 116 valence electrons. The van der Waals surface area contributed by atoms with E-state index < -0.39 is 17.9 Å². The van der Waals surface area contributed by atoms with Gasteiger partial charge in [-0.15, -0.1) is 0 Å². The van der Waals surface area contributed by atoms with Gasteiger partial charge >= 0.3 is 6.18 Å². The fourth-order valence-electron chi connectivity index (χ4n) is 1.98. The summed E-state index contributed by atoms with van der Waals surface area (Å²) in [6, 6.07) is 0.273. The van der Waals surface area contributed by atoms with Gasteiger partial charge in [0.15, 0.2) is 5.69 Å². The minimum atomic E-state index is -4.57. The van der Waals surface area contributed by atoms with E-state index in [1.54, 1.807) is 21.0 Å². The molecule has 0 bridgehead atoms. The summed E-state index contributed by atoms with van der Waals surface area (Å²) in [5.74, 6) is -0.199. The summed E-state index contributed by atoms with van der Waals surface area (Å²) in [6.07, 6.45) is -4.57. The highest BCUT2D eigenvalue weighted by Gasteiger charge is 2.36. The topological polar surface area (TPSA) is 61.4 Å². The highest BCUT2D eigenvalue weighted by Crippen LogP contribution is 2.31. The number of carbonyl (C=O) groups excluding carboxylic acids is 1. The molecule has 1 aromatic rings. The number of amides is 1. The van der Waals surface area contributed by atoms with Gasteiger partial charge in [0.25, 0.3) is 0 Å². The molecule has 0 unspecified atom stereocenters. The molecule has 2 heterocycles. The van der Waals surface area contributed by atoms with E-state index in [1.807, 2.05) is 0 Å². The third-order valence-electron chi connectivity index (χ3n) is 3.21. The Kier molecular flexibility index (Phi) is 3.93. The van der Waals surface area contributed by atoms with Crippen molar-refractivity contribution in [1.29, 1.82) is 0 Å². The van der Waals surface area contributed by atoms with E-state index in [4.69, 9.17) is 0 Å². The zero-order valence-corrected chi connectivity index (χ0v) is 11.9. The molecule has 21 heavy (non-hydrogen) atoms. The van der Waals surface area contributed by atoms with Crippen molar-refractivity contribution in [1.82, 2.24) is 15.3 Å². The number of carbonyl (C=O) groups is 1. The van der Waals surface area contributed by atoms with Crippen molar-refractivity contribution >= 4 is 17.7 Å². The van der Waals surface area contributed by atoms with Gasteiger partial charge in [-0.2, -0.15) is 18.2 Å². The SMILES string of the molecule is C[C@H]1C(=O)NCCN1c1nc(N(C)C)cc(C(F)(F)F)n1. The lowest BCUT2D eigenvalue weighted by Gasteiger charge is -2.33. The molecule has 1 aliphatic heterocycles. The van der Waals surface area contributed by atoms with Crippen LogP contribution in [-0.2, 0) is 11.0 Å². The number of aromatic nitrogens is 2. The zero-order chi connectivity index (χ0) is 15.8. The number of halogens is 3. The van der Waals surface area contributed by atoms with Crippen molar-refractivity contribution in [2.75, 3.05) is 37.0 Å². The quantitative estimate of drug-likeness (QED) is 0.879. The number of anilines is 2. The van der Waals surface area contributed by atoms with Gasteiger partial charge in [-0.1, -0.05) is 0 Å². The maximum atomic E-state index is 12.9. The lowest BCUT2D eigenvalue weighted by atomic mass is 10.2. The highest BCUT2D eigenvalue weighted by molar-refractivity contribution is 5.85. The molecule has 1 aliphatic rings. The first kappa shape index (κ1) is 15.3. The third-order valence-corrected chi connectivity index (χ3v) is 3.21. The second-order valence-corrected chi connectivity index (χ2v) is 4.96. The second-order valence-electron chi connectivity index (χ2n) is 4.96. The van der Waals surface area contributed by atoms with Crippen LogP contribution in [-0.4, -0.2) is 49.1 Å². The monoisotopic (exact) mass is 303 g/mol. The average molecular weight is 303 g/mol. The van der Waals surface area contributed by atoms with Crippen LogP contribution in [0, 0.1) is 0 Å². The Labute approximate surface area is 120 Å². The van der Waals surface area contributed by atoms with Gasteiger partial charge in [0.1, 0.15) is 11.9 Å². The molecule has 0 radical (unpaired) electrons. The molecular weight excluding hydrogens is 287 g/mol. The van der Waals surface area contributed by atoms with E-state index in [9.17, 15) is 18.0 Å². The van der Waals surface area contributed by atoms with E-state index in [0.717, 1.165) is 6.07 Å². The smallest absolute Gasteiger partial charge is 0.363 e. The molecule has 1 aromatic heterocycles. The van der Waals surface area contributed by atoms with Gasteiger partial charge in [-0.05, 0) is 6.92 Å². The van der Waals surface area contributed by atoms with E-state index in [0.29, 0.717) is 13.1 Å². The van der Waals surface area contributed by atoms with E-state index in [-0.39, 0.29) is 17.7 Å². The molecule has 0 aromatic carbocycles. The lowest BCUT2D eigenvalue weighted by Crippen LogP contribution is -2.54. The fraction of sp³-hybridized carbons (Fsp3) is 0.583. The van der Waals surface area contributed by atoms with Crippen LogP contribution in [0.4, 0.5) is 24.9 Å². The molecule has 1 saturated heterocycles. The number of piperazine rings is 1. The van der Waals surface area contributed by atoms with Crippen molar-refractivity contribution in [3.05, 3.63) is 11.8 Å². The Morgan fingerprint density at radius 1 is 1.38 bits per heavy atom. The number of hydrogen-bond donors (Lipinski definition) is 1. The van der Waals surface area contributed by atoms with Crippen LogP contribution in [0.1, 0.15) is 12.6 Å². The van der Waals surface area contributed by atoms with E-state index in [2.05, 4.69) is 15.3 Å². The fourth-order valence-corrected chi connectivity index (χ4v) is 1.98. The standard InChI is InChI=1S/C12H16F3N5O/c1-7-10(21)16-4-5-20(7)11-17-8(12(13,14)15)6-9(18-11)19(2)3/h6-7H,4-5H2,1-3H3,(H,16,21)/t7-/m0/s1. The first-order chi connectivity index (χ1) is 9.70. The summed E-state index contributed by atoms with van der Waals surface area (Å²) in [4.78, 5) is 22.3. The first-order valence-electron chi connectivity index (χ1n) is 6.38. The molecule has 0 spiro atoms. The van der Waals surface area contributed by atoms with Gasteiger partial charge in [0, 0.05) is 33.3 Å². The minimum absolute atomic E-state index is 0.0872. The van der Waals surface area contributed by atoms with E-state index in [1.165, 1.54) is 9.80 Å². The van der Waals surface area contributed by atoms with Gasteiger partial charge in [-0.3, -0.25) is 4.79 Å². The summed E-state index contributed by atoms with van der Waals surface area (Å²) in [5.41, 5.74) is -1.02. The lowest BCUT2D eigenvalue weighted by molar-refractivity contribution is -0.141. The largest absolute Gasteiger partial charge is 0.433 e. The molecule has 1 amide bonds. The van der Waals surface area contributed by atoms with Crippen molar-refractivity contribution in [3.8, 4) is 0 Å². The first-order valence-corrected chi connectivity index (χ1v) is 6.38. The number of rotatable bonds is 2.